The Morgan fingerprint density at radius 2 is 1.07 bits per heavy atom. The number of unbranched alkanes of at least 4 members (excludes halogenated alkanes) is 19. The van der Waals surface area contributed by atoms with Crippen LogP contribution in [0.25, 0.3) is 0 Å². The second-order valence-corrected chi connectivity index (χ2v) is 17.6. The Kier molecular flexibility index (Phi) is 34.5. The standard InChI is InChI=1S/C47H82O12S/c1-3-5-7-9-11-13-15-17-19-20-22-23-25-27-29-31-33-35-42(48)56-37-40(38-57-47-46(52)45(51)44(50)41(59-47)39-60(53,54)55)58-43(49)36-34-32-30-28-26-24-21-18-16-14-12-10-8-6-4-2/h14,16,18,21-23,27,29,40-41,44-47,50-52H,3-13,15,17,19-20,24-26,28,30-39H2,1-2H3,(H,53,54,55)/b16-14+,21-18+,23-22+,29-27+/t40-,41-,44-,45?,46?,47+/m1/s1. The highest BCUT2D eigenvalue weighted by Gasteiger charge is 2.46. The van der Waals surface area contributed by atoms with E-state index in [1.807, 2.05) is 6.08 Å². The summed E-state index contributed by atoms with van der Waals surface area (Å²) in [5, 5.41) is 30.9. The number of rotatable bonds is 38. The van der Waals surface area contributed by atoms with Crippen molar-refractivity contribution in [1.82, 2.24) is 0 Å². The third-order valence-electron chi connectivity index (χ3n) is 10.4. The van der Waals surface area contributed by atoms with E-state index in [2.05, 4.69) is 56.4 Å². The van der Waals surface area contributed by atoms with Gasteiger partial charge in [0.05, 0.1) is 6.61 Å². The van der Waals surface area contributed by atoms with Crippen LogP contribution in [0.5, 0.6) is 0 Å². The molecule has 0 aliphatic carbocycles. The average Bonchev–Trinajstić information content (AvgIpc) is 3.21. The van der Waals surface area contributed by atoms with Gasteiger partial charge in [-0.05, 0) is 64.2 Å². The molecule has 1 aliphatic heterocycles. The minimum atomic E-state index is -4.61. The second kappa shape index (κ2) is 37.2. The van der Waals surface area contributed by atoms with Gasteiger partial charge in [0, 0.05) is 12.8 Å². The van der Waals surface area contributed by atoms with Crippen LogP contribution < -0.4 is 0 Å². The molecule has 6 atom stereocenters. The molecule has 12 nitrogen and oxygen atoms in total. The summed E-state index contributed by atoms with van der Waals surface area (Å²) < 4.78 is 54.0. The van der Waals surface area contributed by atoms with Crippen molar-refractivity contribution < 1.29 is 56.8 Å². The summed E-state index contributed by atoms with van der Waals surface area (Å²) in [4.78, 5) is 25.4. The van der Waals surface area contributed by atoms with Crippen LogP contribution in [0.15, 0.2) is 48.6 Å². The summed E-state index contributed by atoms with van der Waals surface area (Å²) in [6.45, 7) is 3.69. The smallest absolute Gasteiger partial charge is 0.306 e. The Labute approximate surface area is 363 Å². The molecule has 4 N–H and O–H groups in total. The van der Waals surface area contributed by atoms with Crippen molar-refractivity contribution in [2.24, 2.45) is 0 Å². The molecular weight excluding hydrogens is 789 g/mol. The summed E-state index contributed by atoms with van der Waals surface area (Å²) >= 11 is 0. The maximum Gasteiger partial charge on any atom is 0.306 e. The van der Waals surface area contributed by atoms with Gasteiger partial charge in [0.25, 0.3) is 10.1 Å². The van der Waals surface area contributed by atoms with Gasteiger partial charge in [-0.25, -0.2) is 0 Å². The number of carbonyl (C=O) groups is 2. The molecule has 0 aromatic rings. The molecule has 348 valence electrons. The van der Waals surface area contributed by atoms with Crippen molar-refractivity contribution in [3.63, 3.8) is 0 Å². The molecule has 0 amide bonds. The zero-order chi connectivity index (χ0) is 44.1. The molecule has 0 saturated carbocycles. The Morgan fingerprint density at radius 3 is 1.63 bits per heavy atom. The van der Waals surface area contributed by atoms with E-state index in [-0.39, 0.29) is 19.4 Å². The molecule has 13 heteroatoms. The van der Waals surface area contributed by atoms with Crippen LogP contribution >= 0.6 is 0 Å². The van der Waals surface area contributed by atoms with Gasteiger partial charge in [-0.15, -0.1) is 0 Å². The highest BCUT2D eigenvalue weighted by Crippen LogP contribution is 2.24. The van der Waals surface area contributed by atoms with Crippen LogP contribution in [0.1, 0.15) is 181 Å². The minimum absolute atomic E-state index is 0.137. The minimum Gasteiger partial charge on any atom is -0.462 e. The monoisotopic (exact) mass is 871 g/mol. The zero-order valence-electron chi connectivity index (χ0n) is 37.1. The van der Waals surface area contributed by atoms with E-state index in [4.69, 9.17) is 18.9 Å². The van der Waals surface area contributed by atoms with Gasteiger partial charge >= 0.3 is 11.9 Å². The first-order valence-electron chi connectivity index (χ1n) is 23.2. The topological polar surface area (TPSA) is 186 Å². The molecule has 1 saturated heterocycles. The van der Waals surface area contributed by atoms with Crippen molar-refractivity contribution in [3.8, 4) is 0 Å². The Balaban J connectivity index is 2.48. The molecule has 60 heavy (non-hydrogen) atoms. The number of aliphatic hydroxyl groups excluding tert-OH is 3. The first-order valence-corrected chi connectivity index (χ1v) is 24.8. The van der Waals surface area contributed by atoms with Gasteiger partial charge in [0.15, 0.2) is 12.4 Å². The fourth-order valence-electron chi connectivity index (χ4n) is 6.76. The van der Waals surface area contributed by atoms with E-state index in [1.165, 1.54) is 83.5 Å². The molecule has 1 heterocycles. The maximum absolute atomic E-state index is 12.8. The molecule has 2 unspecified atom stereocenters. The first kappa shape index (κ1) is 55.6. The van der Waals surface area contributed by atoms with Crippen LogP contribution in [0.2, 0.25) is 0 Å². The number of hydrogen-bond donors (Lipinski definition) is 4. The summed E-state index contributed by atoms with van der Waals surface area (Å²) in [7, 11) is -4.61. The Bertz CT molecular complexity index is 1300. The third kappa shape index (κ3) is 31.5. The highest BCUT2D eigenvalue weighted by molar-refractivity contribution is 7.85. The van der Waals surface area contributed by atoms with Gasteiger partial charge in [0.1, 0.15) is 36.8 Å². The van der Waals surface area contributed by atoms with Gasteiger partial charge < -0.3 is 34.3 Å². The van der Waals surface area contributed by atoms with E-state index >= 15 is 0 Å². The Hall–Kier alpha value is -2.39. The number of aliphatic hydroxyl groups is 3. The summed E-state index contributed by atoms with van der Waals surface area (Å²) in [6.07, 6.45) is 34.5. The summed E-state index contributed by atoms with van der Waals surface area (Å²) in [6, 6.07) is 0. The number of hydrogen-bond acceptors (Lipinski definition) is 11. The Morgan fingerprint density at radius 1 is 0.583 bits per heavy atom. The van der Waals surface area contributed by atoms with Gasteiger partial charge in [-0.3, -0.25) is 14.1 Å². The van der Waals surface area contributed by atoms with Gasteiger partial charge in [-0.1, -0.05) is 152 Å². The molecule has 0 bridgehead atoms. The lowest BCUT2D eigenvalue weighted by Gasteiger charge is -2.40. The molecule has 0 aromatic heterocycles. The lowest BCUT2D eigenvalue weighted by atomic mass is 10.00. The van der Waals surface area contributed by atoms with Crippen molar-refractivity contribution in [2.75, 3.05) is 19.0 Å². The third-order valence-corrected chi connectivity index (χ3v) is 11.2. The SMILES string of the molecule is CCCCCC/C=C/C=C/CCCCCCCC(=O)O[C@H](COC(=O)CCC/C=C/C/C=C/CCCCCCCCCCC)CO[C@H]1O[C@H](CS(=O)(=O)O)[C@@H](O)C(O)C1O. The van der Waals surface area contributed by atoms with Crippen LogP contribution in [0, 0.1) is 0 Å². The summed E-state index contributed by atoms with van der Waals surface area (Å²) in [5.74, 6) is -2.06. The molecule has 1 aliphatic rings. The number of carbonyl (C=O) groups excluding carboxylic acids is 2. The molecule has 0 spiro atoms. The van der Waals surface area contributed by atoms with E-state index in [0.29, 0.717) is 19.3 Å². The number of esters is 2. The predicted molar refractivity (Wildman–Crippen MR) is 238 cm³/mol. The normalized spacial score (nSPS) is 20.5. The van der Waals surface area contributed by atoms with Crippen LogP contribution in [0.3, 0.4) is 0 Å². The second-order valence-electron chi connectivity index (χ2n) is 16.1. The number of ether oxygens (including phenoxy) is 4. The number of allylic oxidation sites excluding steroid dienone is 8. The van der Waals surface area contributed by atoms with E-state index in [0.717, 1.165) is 51.4 Å². The lowest BCUT2D eigenvalue weighted by Crippen LogP contribution is -2.60. The van der Waals surface area contributed by atoms with Gasteiger partial charge in [0.2, 0.25) is 0 Å². The van der Waals surface area contributed by atoms with Crippen LogP contribution in [0.4, 0.5) is 0 Å². The van der Waals surface area contributed by atoms with E-state index < -0.39 is 71.2 Å². The van der Waals surface area contributed by atoms with Gasteiger partial charge in [-0.2, -0.15) is 8.42 Å². The lowest BCUT2D eigenvalue weighted by molar-refractivity contribution is -0.297. The maximum atomic E-state index is 12.8. The van der Waals surface area contributed by atoms with Crippen molar-refractivity contribution in [1.29, 1.82) is 0 Å². The van der Waals surface area contributed by atoms with Crippen LogP contribution in [-0.2, 0) is 38.7 Å². The quantitative estimate of drug-likeness (QED) is 0.0152. The largest absolute Gasteiger partial charge is 0.462 e. The van der Waals surface area contributed by atoms with Crippen molar-refractivity contribution in [2.45, 2.75) is 218 Å². The summed E-state index contributed by atoms with van der Waals surface area (Å²) in [5.41, 5.74) is 0. The average molecular weight is 871 g/mol. The molecule has 0 aromatic carbocycles. The van der Waals surface area contributed by atoms with E-state index in [9.17, 15) is 37.9 Å². The fraction of sp³-hybridized carbons (Fsp3) is 0.787. The van der Waals surface area contributed by atoms with Crippen molar-refractivity contribution >= 4 is 22.1 Å². The van der Waals surface area contributed by atoms with Crippen molar-refractivity contribution in [3.05, 3.63) is 48.6 Å². The molecule has 1 rings (SSSR count). The molecule has 0 radical (unpaired) electrons. The van der Waals surface area contributed by atoms with E-state index in [1.54, 1.807) is 0 Å². The predicted octanol–water partition coefficient (Wildman–Crippen LogP) is 9.56. The molecule has 1 fully saturated rings. The first-order chi connectivity index (χ1) is 29.0. The van der Waals surface area contributed by atoms with Crippen LogP contribution in [-0.4, -0.2) is 96.0 Å². The highest BCUT2D eigenvalue weighted by atomic mass is 32.2. The fourth-order valence-corrected chi connectivity index (χ4v) is 7.46. The molecular formula is C47H82O12S. The zero-order valence-corrected chi connectivity index (χ0v) is 37.9.